The van der Waals surface area contributed by atoms with Gasteiger partial charge < -0.3 is 15.1 Å². The van der Waals surface area contributed by atoms with Gasteiger partial charge in [0.2, 0.25) is 5.91 Å². The molecule has 168 valence electrons. The Kier molecular flexibility index (Phi) is 11.0. The van der Waals surface area contributed by atoms with Crippen LogP contribution in [0.3, 0.4) is 0 Å². The summed E-state index contributed by atoms with van der Waals surface area (Å²) in [5.74, 6) is 1.33. The molecule has 1 unspecified atom stereocenters. The van der Waals surface area contributed by atoms with Crippen LogP contribution in [-0.4, -0.2) is 110 Å². The normalized spacial score (nSPS) is 24.9. The molecule has 0 aliphatic carbocycles. The van der Waals surface area contributed by atoms with E-state index in [1.54, 1.807) is 0 Å². The van der Waals surface area contributed by atoms with E-state index in [-0.39, 0.29) is 24.0 Å². The van der Waals surface area contributed by atoms with Crippen LogP contribution >= 0.6 is 24.0 Å². The Bertz CT molecular complexity index is 517. The Morgan fingerprint density at radius 2 is 1.62 bits per heavy atom. The van der Waals surface area contributed by atoms with Crippen LogP contribution in [0, 0.1) is 0 Å². The van der Waals surface area contributed by atoms with Crippen molar-refractivity contribution in [2.45, 2.75) is 51.5 Å². The molecule has 3 aliphatic heterocycles. The first-order valence-electron chi connectivity index (χ1n) is 11.4. The number of guanidine groups is 1. The summed E-state index contributed by atoms with van der Waals surface area (Å²) in [5.41, 5.74) is 0. The lowest BCUT2D eigenvalue weighted by molar-refractivity contribution is -0.133. The summed E-state index contributed by atoms with van der Waals surface area (Å²) in [7, 11) is 1.88. The van der Waals surface area contributed by atoms with E-state index in [0.29, 0.717) is 18.5 Å². The monoisotopic (exact) mass is 520 g/mol. The molecule has 3 heterocycles. The molecule has 1 N–H and O–H groups in total. The second-order valence-corrected chi connectivity index (χ2v) is 8.41. The van der Waals surface area contributed by atoms with E-state index in [2.05, 4.69) is 36.8 Å². The summed E-state index contributed by atoms with van der Waals surface area (Å²) in [6.07, 6.45) is 7.55. The number of carbonyl (C=O) groups is 1. The van der Waals surface area contributed by atoms with Crippen LogP contribution in [-0.2, 0) is 4.79 Å². The fourth-order valence-electron chi connectivity index (χ4n) is 4.80. The third-order valence-corrected chi connectivity index (χ3v) is 6.60. The Balaban J connectivity index is 0.00000300. The number of halogens is 1. The molecule has 0 aromatic rings. The lowest BCUT2D eigenvalue weighted by atomic mass is 10.0. The largest absolute Gasteiger partial charge is 0.355 e. The van der Waals surface area contributed by atoms with Crippen molar-refractivity contribution < 1.29 is 4.79 Å². The van der Waals surface area contributed by atoms with Crippen LogP contribution < -0.4 is 5.32 Å². The minimum atomic E-state index is 0. The average Bonchev–Trinajstić information content (AvgIpc) is 2.76. The van der Waals surface area contributed by atoms with Crippen LogP contribution in [0.25, 0.3) is 0 Å². The van der Waals surface area contributed by atoms with Gasteiger partial charge in [-0.15, -0.1) is 24.0 Å². The molecule has 3 fully saturated rings. The molecule has 0 bridgehead atoms. The van der Waals surface area contributed by atoms with Crippen LogP contribution in [0.1, 0.15) is 45.4 Å². The van der Waals surface area contributed by atoms with Gasteiger partial charge in [0.15, 0.2) is 5.96 Å². The fraction of sp³-hybridized carbons (Fsp3) is 0.905. The quantitative estimate of drug-likeness (QED) is 0.340. The highest BCUT2D eigenvalue weighted by Gasteiger charge is 2.25. The Morgan fingerprint density at radius 1 is 0.931 bits per heavy atom. The topological polar surface area (TPSA) is 54.4 Å². The number of hydrogen-bond acceptors (Lipinski definition) is 4. The summed E-state index contributed by atoms with van der Waals surface area (Å²) in [6.45, 7) is 11.8. The van der Waals surface area contributed by atoms with Crippen molar-refractivity contribution in [2.24, 2.45) is 4.99 Å². The van der Waals surface area contributed by atoms with E-state index >= 15 is 0 Å². The van der Waals surface area contributed by atoms with E-state index in [0.717, 1.165) is 71.2 Å². The molecule has 8 heteroatoms. The molecule has 29 heavy (non-hydrogen) atoms. The van der Waals surface area contributed by atoms with Crippen LogP contribution in [0.4, 0.5) is 0 Å². The first kappa shape index (κ1) is 24.7. The number of rotatable bonds is 5. The first-order chi connectivity index (χ1) is 13.7. The lowest BCUT2D eigenvalue weighted by Gasteiger charge is -2.39. The molecule has 3 rings (SSSR count). The summed E-state index contributed by atoms with van der Waals surface area (Å²) in [5, 5.41) is 3.62. The maximum absolute atomic E-state index is 12.5. The van der Waals surface area contributed by atoms with E-state index in [1.165, 1.54) is 32.2 Å². The highest BCUT2D eigenvalue weighted by molar-refractivity contribution is 14.0. The highest BCUT2D eigenvalue weighted by atomic mass is 127. The SMILES string of the molecule is CCN1CCCCC1CNC(=NC)N1CCN(CC(=O)N2CCCCC2)CC1.I. The first-order valence-corrected chi connectivity index (χ1v) is 11.4. The van der Waals surface area contributed by atoms with E-state index < -0.39 is 0 Å². The lowest BCUT2D eigenvalue weighted by Crippen LogP contribution is -2.56. The number of amides is 1. The Hall–Kier alpha value is -0.610. The van der Waals surface area contributed by atoms with Gasteiger partial charge in [0, 0.05) is 58.9 Å². The molecule has 7 nitrogen and oxygen atoms in total. The van der Waals surface area contributed by atoms with Crippen molar-refractivity contribution in [3.63, 3.8) is 0 Å². The maximum atomic E-state index is 12.5. The van der Waals surface area contributed by atoms with Gasteiger partial charge in [-0.25, -0.2) is 0 Å². The molecule has 0 radical (unpaired) electrons. The molecule has 0 aromatic heterocycles. The number of likely N-dealkylation sites (tertiary alicyclic amines) is 2. The van der Waals surface area contributed by atoms with Gasteiger partial charge in [0.1, 0.15) is 0 Å². The second kappa shape index (κ2) is 12.9. The molecule has 0 saturated carbocycles. The van der Waals surface area contributed by atoms with Crippen molar-refractivity contribution in [3.05, 3.63) is 0 Å². The molecule has 1 atom stereocenters. The number of likely N-dealkylation sites (N-methyl/N-ethyl adjacent to an activating group) is 1. The van der Waals surface area contributed by atoms with Gasteiger partial charge in [-0.05, 0) is 45.2 Å². The second-order valence-electron chi connectivity index (χ2n) is 8.41. The number of piperidine rings is 2. The number of aliphatic imine (C=N–C) groups is 1. The van der Waals surface area contributed by atoms with E-state index in [4.69, 9.17) is 0 Å². The predicted molar refractivity (Wildman–Crippen MR) is 130 cm³/mol. The van der Waals surface area contributed by atoms with Gasteiger partial charge >= 0.3 is 0 Å². The van der Waals surface area contributed by atoms with Crippen LogP contribution in [0.2, 0.25) is 0 Å². The third kappa shape index (κ3) is 7.24. The van der Waals surface area contributed by atoms with Gasteiger partial charge in [0.25, 0.3) is 0 Å². The number of carbonyl (C=O) groups excluding carboxylic acids is 1. The molecule has 0 spiro atoms. The zero-order valence-corrected chi connectivity index (χ0v) is 20.8. The minimum absolute atomic E-state index is 0. The van der Waals surface area contributed by atoms with E-state index in [1.807, 2.05) is 7.05 Å². The summed E-state index contributed by atoms with van der Waals surface area (Å²) < 4.78 is 0. The molecule has 3 aliphatic rings. The molecular formula is C21H41IN6O. The zero-order chi connectivity index (χ0) is 19.8. The highest BCUT2D eigenvalue weighted by Crippen LogP contribution is 2.16. The molecule has 0 aromatic carbocycles. The predicted octanol–water partition coefficient (Wildman–Crippen LogP) is 1.68. The summed E-state index contributed by atoms with van der Waals surface area (Å²) >= 11 is 0. The third-order valence-electron chi connectivity index (χ3n) is 6.60. The zero-order valence-electron chi connectivity index (χ0n) is 18.4. The van der Waals surface area contributed by atoms with Crippen LogP contribution in [0.5, 0.6) is 0 Å². The van der Waals surface area contributed by atoms with Gasteiger partial charge in [0.05, 0.1) is 6.54 Å². The molecular weight excluding hydrogens is 479 g/mol. The van der Waals surface area contributed by atoms with E-state index in [9.17, 15) is 4.79 Å². The molecule has 1 amide bonds. The number of hydrogen-bond donors (Lipinski definition) is 1. The van der Waals surface area contributed by atoms with Gasteiger partial charge in [-0.2, -0.15) is 0 Å². The van der Waals surface area contributed by atoms with Gasteiger partial charge in [-0.1, -0.05) is 13.3 Å². The van der Waals surface area contributed by atoms with Crippen molar-refractivity contribution in [1.29, 1.82) is 0 Å². The summed E-state index contributed by atoms with van der Waals surface area (Å²) in [4.78, 5) is 26.3. The van der Waals surface area contributed by atoms with Crippen molar-refractivity contribution >= 4 is 35.8 Å². The van der Waals surface area contributed by atoms with Crippen molar-refractivity contribution in [1.82, 2.24) is 24.9 Å². The maximum Gasteiger partial charge on any atom is 0.236 e. The number of nitrogens with zero attached hydrogens (tertiary/aromatic N) is 5. The Morgan fingerprint density at radius 3 is 2.28 bits per heavy atom. The number of nitrogens with one attached hydrogen (secondary N) is 1. The minimum Gasteiger partial charge on any atom is -0.355 e. The van der Waals surface area contributed by atoms with Crippen molar-refractivity contribution in [3.8, 4) is 0 Å². The Labute approximate surface area is 194 Å². The fourth-order valence-corrected chi connectivity index (χ4v) is 4.80. The van der Waals surface area contributed by atoms with Crippen LogP contribution in [0.15, 0.2) is 4.99 Å². The smallest absolute Gasteiger partial charge is 0.236 e. The van der Waals surface area contributed by atoms with Gasteiger partial charge in [-0.3, -0.25) is 19.6 Å². The molecule has 3 saturated heterocycles. The average molecular weight is 521 g/mol. The standard InChI is InChI=1S/C21H40N6O.HI/c1-3-25-10-8-5-9-19(25)17-23-21(22-2)27-15-13-24(14-16-27)18-20(28)26-11-6-4-7-12-26;/h19H,3-18H2,1-2H3,(H,22,23);1H. The number of piperazine rings is 1. The van der Waals surface area contributed by atoms with Crippen molar-refractivity contribution in [2.75, 3.05) is 72.5 Å². The summed E-state index contributed by atoms with van der Waals surface area (Å²) in [6, 6.07) is 0.624.